The number of aromatic nitrogens is 4. The van der Waals surface area contributed by atoms with Crippen LogP contribution in [0.25, 0.3) is 16.8 Å². The van der Waals surface area contributed by atoms with Crippen molar-refractivity contribution in [2.24, 2.45) is 0 Å². The third kappa shape index (κ3) is 2.21. The van der Waals surface area contributed by atoms with E-state index in [1.165, 1.54) is 7.11 Å². The summed E-state index contributed by atoms with van der Waals surface area (Å²) >= 11 is 6.06. The topological polar surface area (TPSA) is 69.4 Å². The number of nitrogens with zero attached hydrogens (tertiary/aromatic N) is 4. The second-order valence-electron chi connectivity index (χ2n) is 4.83. The Morgan fingerprint density at radius 1 is 1.27 bits per heavy atom. The van der Waals surface area contributed by atoms with E-state index >= 15 is 0 Å². The van der Waals surface area contributed by atoms with Crippen molar-refractivity contribution in [3.8, 4) is 11.1 Å². The van der Waals surface area contributed by atoms with Gasteiger partial charge < -0.3 is 4.74 Å². The van der Waals surface area contributed by atoms with Gasteiger partial charge in [-0.1, -0.05) is 23.7 Å². The molecule has 1 aromatic carbocycles. The molecule has 0 aliphatic carbocycles. The highest BCUT2D eigenvalue weighted by Gasteiger charge is 2.20. The number of ether oxygens (including phenoxy) is 1. The molecule has 0 unspecified atom stereocenters. The Morgan fingerprint density at radius 2 is 2.05 bits per heavy atom. The van der Waals surface area contributed by atoms with E-state index in [0.717, 1.165) is 16.8 Å². The van der Waals surface area contributed by atoms with Gasteiger partial charge in [-0.2, -0.15) is 5.10 Å². The molecule has 0 fully saturated rings. The Hall–Kier alpha value is -2.47. The Kier molecular flexibility index (Phi) is 3.54. The van der Waals surface area contributed by atoms with Crippen LogP contribution < -0.4 is 0 Å². The average molecular weight is 317 g/mol. The summed E-state index contributed by atoms with van der Waals surface area (Å²) in [5.41, 5.74) is 3.82. The zero-order valence-electron chi connectivity index (χ0n) is 12.3. The van der Waals surface area contributed by atoms with Crippen molar-refractivity contribution in [3.05, 3.63) is 46.4 Å². The summed E-state index contributed by atoms with van der Waals surface area (Å²) in [5, 5.41) is 13.2. The van der Waals surface area contributed by atoms with Crippen molar-refractivity contribution < 1.29 is 9.53 Å². The van der Waals surface area contributed by atoms with Crippen LogP contribution in [0, 0.1) is 13.8 Å². The van der Waals surface area contributed by atoms with E-state index in [4.69, 9.17) is 16.3 Å². The van der Waals surface area contributed by atoms with Gasteiger partial charge in [-0.15, -0.1) is 10.2 Å². The van der Waals surface area contributed by atoms with Gasteiger partial charge in [0.1, 0.15) is 0 Å². The summed E-state index contributed by atoms with van der Waals surface area (Å²) in [6.07, 6.45) is 0. The van der Waals surface area contributed by atoms with E-state index in [0.29, 0.717) is 16.4 Å². The van der Waals surface area contributed by atoms with E-state index in [9.17, 15) is 4.79 Å². The van der Waals surface area contributed by atoms with Gasteiger partial charge in [-0.3, -0.25) is 0 Å². The number of hydrogen-bond donors (Lipinski definition) is 0. The Balaban J connectivity index is 2.28. The van der Waals surface area contributed by atoms with E-state index in [1.54, 1.807) is 17.5 Å². The Morgan fingerprint density at radius 3 is 2.73 bits per heavy atom. The van der Waals surface area contributed by atoms with Gasteiger partial charge in [0.05, 0.1) is 24.1 Å². The van der Waals surface area contributed by atoms with Crippen LogP contribution in [-0.2, 0) is 4.74 Å². The molecule has 0 atom stereocenters. The minimum absolute atomic E-state index is 0.148. The normalized spacial score (nSPS) is 10.9. The molecule has 0 saturated carbocycles. The summed E-state index contributed by atoms with van der Waals surface area (Å²) < 4.78 is 6.31. The van der Waals surface area contributed by atoms with Crippen LogP contribution in [-0.4, -0.2) is 32.9 Å². The molecule has 2 aromatic heterocycles. The van der Waals surface area contributed by atoms with Gasteiger partial charge in [-0.05, 0) is 31.5 Å². The number of methoxy groups -OCH3 is 1. The van der Waals surface area contributed by atoms with Gasteiger partial charge in [0.15, 0.2) is 11.3 Å². The minimum Gasteiger partial charge on any atom is -0.464 e. The number of hydrogen-bond acceptors (Lipinski definition) is 5. The predicted molar refractivity (Wildman–Crippen MR) is 82.0 cm³/mol. The van der Waals surface area contributed by atoms with E-state index in [1.807, 2.05) is 25.1 Å². The van der Waals surface area contributed by atoms with Crippen LogP contribution in [0.1, 0.15) is 21.9 Å². The van der Waals surface area contributed by atoms with Crippen molar-refractivity contribution in [3.63, 3.8) is 0 Å². The number of halogens is 1. The number of benzene rings is 1. The van der Waals surface area contributed by atoms with Crippen molar-refractivity contribution in [2.75, 3.05) is 7.11 Å². The highest BCUT2D eigenvalue weighted by molar-refractivity contribution is 6.30. The standard InChI is InChI=1S/C15H13ClN4O2/c1-8-12(10-5-4-6-11(16)7-10)14-18-17-13(15(21)22-3)9(2)20(14)19-8/h4-7H,1-3H3. The highest BCUT2D eigenvalue weighted by Crippen LogP contribution is 2.29. The molecule has 0 spiro atoms. The number of esters is 1. The van der Waals surface area contributed by atoms with E-state index in [-0.39, 0.29) is 5.69 Å². The fraction of sp³-hybridized carbons (Fsp3) is 0.200. The maximum atomic E-state index is 11.7. The number of carbonyl (C=O) groups is 1. The molecule has 22 heavy (non-hydrogen) atoms. The summed E-state index contributed by atoms with van der Waals surface area (Å²) in [7, 11) is 1.30. The smallest absolute Gasteiger partial charge is 0.360 e. The molecule has 0 N–H and O–H groups in total. The van der Waals surface area contributed by atoms with Crippen LogP contribution >= 0.6 is 11.6 Å². The molecule has 3 aromatic rings. The van der Waals surface area contributed by atoms with E-state index in [2.05, 4.69) is 15.3 Å². The molecule has 7 heteroatoms. The number of fused-ring (bicyclic) bond motifs is 1. The molecule has 112 valence electrons. The first-order chi connectivity index (χ1) is 10.5. The van der Waals surface area contributed by atoms with Crippen molar-refractivity contribution >= 4 is 23.2 Å². The van der Waals surface area contributed by atoms with Gasteiger partial charge in [0.2, 0.25) is 0 Å². The predicted octanol–water partition coefficient (Wildman–Crippen LogP) is 2.85. The van der Waals surface area contributed by atoms with Crippen molar-refractivity contribution in [1.29, 1.82) is 0 Å². The molecular weight excluding hydrogens is 304 g/mol. The van der Waals surface area contributed by atoms with Crippen LogP contribution in [0.2, 0.25) is 5.02 Å². The quantitative estimate of drug-likeness (QED) is 0.680. The highest BCUT2D eigenvalue weighted by atomic mass is 35.5. The van der Waals surface area contributed by atoms with Crippen molar-refractivity contribution in [2.45, 2.75) is 13.8 Å². The lowest BCUT2D eigenvalue weighted by atomic mass is 10.1. The maximum absolute atomic E-state index is 11.7. The largest absolute Gasteiger partial charge is 0.464 e. The van der Waals surface area contributed by atoms with Gasteiger partial charge >= 0.3 is 5.97 Å². The first-order valence-corrected chi connectivity index (χ1v) is 6.97. The number of carbonyl (C=O) groups excluding carboxylic acids is 1. The first-order valence-electron chi connectivity index (χ1n) is 6.59. The van der Waals surface area contributed by atoms with Gasteiger partial charge in [0.25, 0.3) is 0 Å². The third-order valence-electron chi connectivity index (χ3n) is 3.43. The summed E-state index contributed by atoms with van der Waals surface area (Å²) in [6.45, 7) is 3.63. The second-order valence-corrected chi connectivity index (χ2v) is 5.27. The molecule has 0 aliphatic rings. The first kappa shape index (κ1) is 14.5. The number of aryl methyl sites for hydroxylation is 2. The molecule has 0 radical (unpaired) electrons. The monoisotopic (exact) mass is 316 g/mol. The van der Waals surface area contributed by atoms with Crippen LogP contribution in [0.15, 0.2) is 24.3 Å². The summed E-state index contributed by atoms with van der Waals surface area (Å²) in [4.78, 5) is 11.7. The molecule has 0 saturated heterocycles. The molecule has 0 aliphatic heterocycles. The lowest BCUT2D eigenvalue weighted by Gasteiger charge is -2.04. The zero-order chi connectivity index (χ0) is 15.9. The fourth-order valence-electron chi connectivity index (χ4n) is 2.38. The van der Waals surface area contributed by atoms with E-state index < -0.39 is 5.97 Å². The molecule has 3 rings (SSSR count). The van der Waals surface area contributed by atoms with Crippen molar-refractivity contribution in [1.82, 2.24) is 19.8 Å². The molecule has 6 nitrogen and oxygen atoms in total. The minimum atomic E-state index is -0.538. The Bertz CT molecular complexity index is 889. The van der Waals surface area contributed by atoms with Crippen LogP contribution in [0.3, 0.4) is 0 Å². The third-order valence-corrected chi connectivity index (χ3v) is 3.67. The fourth-order valence-corrected chi connectivity index (χ4v) is 2.57. The van der Waals surface area contributed by atoms with Crippen LogP contribution in [0.5, 0.6) is 0 Å². The molecule has 0 bridgehead atoms. The van der Waals surface area contributed by atoms with Gasteiger partial charge in [0, 0.05) is 5.02 Å². The summed E-state index contributed by atoms with van der Waals surface area (Å²) in [5.74, 6) is -0.538. The average Bonchev–Trinajstić information content (AvgIpc) is 2.84. The SMILES string of the molecule is COC(=O)c1nnc2c(-c3cccc(Cl)c3)c(C)nn2c1C. The molecule has 0 amide bonds. The molecular formula is C15H13ClN4O2. The van der Waals surface area contributed by atoms with Crippen LogP contribution in [0.4, 0.5) is 0 Å². The Labute approximate surface area is 131 Å². The zero-order valence-corrected chi connectivity index (χ0v) is 13.0. The molecule has 2 heterocycles. The lowest BCUT2D eigenvalue weighted by Crippen LogP contribution is -2.12. The number of rotatable bonds is 2. The lowest BCUT2D eigenvalue weighted by molar-refractivity contribution is 0.0590. The summed E-state index contributed by atoms with van der Waals surface area (Å²) in [6, 6.07) is 7.44. The second kappa shape index (κ2) is 5.38. The maximum Gasteiger partial charge on any atom is 0.360 e. The van der Waals surface area contributed by atoms with Gasteiger partial charge in [-0.25, -0.2) is 9.31 Å².